The number of hydrogen-bond acceptors (Lipinski definition) is 1. The second-order valence-electron chi connectivity index (χ2n) is 7.88. The van der Waals surface area contributed by atoms with Crippen molar-refractivity contribution in [2.45, 2.75) is 58.5 Å². The fourth-order valence-electron chi connectivity index (χ4n) is 3.27. The van der Waals surface area contributed by atoms with Crippen molar-refractivity contribution >= 4 is 10.9 Å². The smallest absolute Gasteiger partial charge is 0.0483 e. The molecule has 108 valence electrons. The number of aromatic nitrogens is 1. The van der Waals surface area contributed by atoms with E-state index < -0.39 is 0 Å². The first-order valence-corrected chi connectivity index (χ1v) is 7.55. The van der Waals surface area contributed by atoms with Gasteiger partial charge in [0.2, 0.25) is 0 Å². The molecule has 0 fully saturated rings. The zero-order chi connectivity index (χ0) is 14.7. The Bertz CT molecular complexity index is 669. The van der Waals surface area contributed by atoms with E-state index >= 15 is 0 Å². The average molecular weight is 270 g/mol. The molecule has 1 aromatic carbocycles. The van der Waals surface area contributed by atoms with Crippen molar-refractivity contribution in [1.82, 2.24) is 9.88 Å². The molecule has 20 heavy (non-hydrogen) atoms. The fourth-order valence-corrected chi connectivity index (χ4v) is 3.27. The van der Waals surface area contributed by atoms with Gasteiger partial charge in [-0.1, -0.05) is 26.8 Å². The first kappa shape index (κ1) is 13.7. The van der Waals surface area contributed by atoms with E-state index in [0.29, 0.717) is 0 Å². The van der Waals surface area contributed by atoms with Crippen molar-refractivity contribution < 1.29 is 0 Å². The molecule has 0 atom stereocenters. The third-order valence-electron chi connectivity index (χ3n) is 4.66. The van der Waals surface area contributed by atoms with Gasteiger partial charge in [-0.05, 0) is 42.5 Å². The number of benzene rings is 1. The van der Waals surface area contributed by atoms with Crippen LogP contribution in [0.4, 0.5) is 0 Å². The summed E-state index contributed by atoms with van der Waals surface area (Å²) in [7, 11) is 2.21. The summed E-state index contributed by atoms with van der Waals surface area (Å²) in [6.45, 7) is 12.4. The largest absolute Gasteiger partial charge is 0.347 e. The molecule has 1 aliphatic heterocycles. The molecule has 0 saturated heterocycles. The molecule has 2 heterocycles. The number of nitrogens with one attached hydrogen (secondary N) is 1. The molecule has 1 N–H and O–H groups in total. The van der Waals surface area contributed by atoms with E-state index in [2.05, 4.69) is 69.7 Å². The van der Waals surface area contributed by atoms with Gasteiger partial charge in [0.25, 0.3) is 0 Å². The summed E-state index contributed by atoms with van der Waals surface area (Å²) in [5, 5.41) is 5.09. The van der Waals surface area contributed by atoms with E-state index in [9.17, 15) is 0 Å². The van der Waals surface area contributed by atoms with Crippen LogP contribution in [-0.4, -0.2) is 10.1 Å². The number of hydrogen-bond donors (Lipinski definition) is 1. The highest BCUT2D eigenvalue weighted by molar-refractivity contribution is 5.86. The Morgan fingerprint density at radius 1 is 1.20 bits per heavy atom. The summed E-state index contributed by atoms with van der Waals surface area (Å²) in [6, 6.07) is 6.97. The van der Waals surface area contributed by atoms with Crippen LogP contribution in [0.5, 0.6) is 0 Å². The summed E-state index contributed by atoms with van der Waals surface area (Å²) in [5.41, 5.74) is 6.17. The molecule has 2 nitrogen and oxygen atoms in total. The molecule has 0 radical (unpaired) electrons. The van der Waals surface area contributed by atoms with Crippen molar-refractivity contribution in [3.8, 4) is 0 Å². The summed E-state index contributed by atoms with van der Waals surface area (Å²) in [6.07, 6.45) is 1.10. The minimum Gasteiger partial charge on any atom is -0.347 e. The lowest BCUT2D eigenvalue weighted by atomic mass is 9.85. The second kappa shape index (κ2) is 4.11. The highest BCUT2D eigenvalue weighted by Gasteiger charge is 2.29. The Balaban J connectivity index is 2.23. The van der Waals surface area contributed by atoms with E-state index in [1.807, 2.05) is 0 Å². The van der Waals surface area contributed by atoms with Gasteiger partial charge < -0.3 is 9.88 Å². The Morgan fingerprint density at radius 2 is 1.90 bits per heavy atom. The maximum absolute atomic E-state index is 3.66. The van der Waals surface area contributed by atoms with Crippen LogP contribution < -0.4 is 5.32 Å². The monoisotopic (exact) mass is 270 g/mol. The summed E-state index contributed by atoms with van der Waals surface area (Å²) in [5.74, 6) is 0. The topological polar surface area (TPSA) is 17.0 Å². The minimum atomic E-state index is 0.196. The molecule has 0 amide bonds. The molecule has 3 rings (SSSR count). The van der Waals surface area contributed by atoms with Crippen molar-refractivity contribution in [3.63, 3.8) is 0 Å². The van der Waals surface area contributed by atoms with E-state index in [1.165, 1.54) is 27.7 Å². The van der Waals surface area contributed by atoms with Gasteiger partial charge >= 0.3 is 0 Å². The van der Waals surface area contributed by atoms with Crippen LogP contribution in [-0.2, 0) is 25.4 Å². The Kier molecular flexibility index (Phi) is 2.81. The average Bonchev–Trinajstić information content (AvgIpc) is 2.60. The highest BCUT2D eigenvalue weighted by Crippen LogP contribution is 2.34. The van der Waals surface area contributed by atoms with E-state index in [1.54, 1.807) is 0 Å². The molecule has 0 bridgehead atoms. The van der Waals surface area contributed by atoms with Gasteiger partial charge in [0.15, 0.2) is 0 Å². The van der Waals surface area contributed by atoms with Crippen LogP contribution in [0, 0.1) is 0 Å². The maximum Gasteiger partial charge on any atom is 0.0483 e. The van der Waals surface area contributed by atoms with Crippen LogP contribution >= 0.6 is 0 Å². The molecule has 2 heteroatoms. The van der Waals surface area contributed by atoms with Gasteiger partial charge in [-0.15, -0.1) is 0 Å². The molecule has 0 saturated carbocycles. The molecule has 0 aliphatic carbocycles. The van der Waals surface area contributed by atoms with Gasteiger partial charge in [-0.2, -0.15) is 0 Å². The third-order valence-corrected chi connectivity index (χ3v) is 4.66. The van der Waals surface area contributed by atoms with Gasteiger partial charge in [-0.25, -0.2) is 0 Å². The molecule has 2 aromatic rings. The third kappa shape index (κ3) is 2.07. The molecule has 0 spiro atoms. The van der Waals surface area contributed by atoms with Crippen molar-refractivity contribution in [2.75, 3.05) is 0 Å². The molecular formula is C18H26N2. The maximum atomic E-state index is 3.66. The Labute approximate surface area is 122 Å². The van der Waals surface area contributed by atoms with Gasteiger partial charge in [-0.3, -0.25) is 0 Å². The molecule has 1 aromatic heterocycles. The lowest BCUT2D eigenvalue weighted by molar-refractivity contribution is 0.356. The predicted octanol–water partition coefficient (Wildman–Crippen LogP) is 3.90. The number of nitrogens with zero attached hydrogens (tertiary/aromatic N) is 1. The quantitative estimate of drug-likeness (QED) is 0.768. The zero-order valence-electron chi connectivity index (χ0n) is 13.6. The summed E-state index contributed by atoms with van der Waals surface area (Å²) >= 11 is 0. The Morgan fingerprint density at radius 3 is 2.55 bits per heavy atom. The lowest BCUT2D eigenvalue weighted by Gasteiger charge is -2.32. The first-order valence-electron chi connectivity index (χ1n) is 7.55. The van der Waals surface area contributed by atoms with Crippen molar-refractivity contribution in [1.29, 1.82) is 0 Å². The molecule has 1 aliphatic rings. The molecule has 0 unspecified atom stereocenters. The summed E-state index contributed by atoms with van der Waals surface area (Å²) < 4.78 is 2.39. The molecular weight excluding hydrogens is 244 g/mol. The fraction of sp³-hybridized carbons (Fsp3) is 0.556. The van der Waals surface area contributed by atoms with Crippen LogP contribution in [0.15, 0.2) is 18.2 Å². The lowest BCUT2D eigenvalue weighted by Crippen LogP contribution is -2.44. The van der Waals surface area contributed by atoms with Crippen molar-refractivity contribution in [2.24, 2.45) is 7.05 Å². The van der Waals surface area contributed by atoms with Gasteiger partial charge in [0, 0.05) is 42.1 Å². The SMILES string of the molecule is Cn1c2c(c3cc(C(C)(C)C)ccc31)CNC(C)(C)C2. The normalized spacial score (nSPS) is 18.3. The first-order chi connectivity index (χ1) is 9.19. The second-order valence-corrected chi connectivity index (χ2v) is 7.88. The standard InChI is InChI=1S/C18H26N2/c1-17(2,3)12-7-8-15-13(9-12)14-11-19-18(4,5)10-16(14)20(15)6/h7-9,19H,10-11H2,1-6H3. The zero-order valence-corrected chi connectivity index (χ0v) is 13.6. The van der Waals surface area contributed by atoms with E-state index in [0.717, 1.165) is 13.0 Å². The van der Waals surface area contributed by atoms with E-state index in [-0.39, 0.29) is 11.0 Å². The number of fused-ring (bicyclic) bond motifs is 3. The van der Waals surface area contributed by atoms with Crippen LogP contribution in [0.3, 0.4) is 0 Å². The van der Waals surface area contributed by atoms with Crippen molar-refractivity contribution in [3.05, 3.63) is 35.0 Å². The Hall–Kier alpha value is -1.28. The van der Waals surface area contributed by atoms with E-state index in [4.69, 9.17) is 0 Å². The van der Waals surface area contributed by atoms with Gasteiger partial charge in [0.1, 0.15) is 0 Å². The van der Waals surface area contributed by atoms with Gasteiger partial charge in [0.05, 0.1) is 0 Å². The van der Waals surface area contributed by atoms with Crippen LogP contribution in [0.1, 0.15) is 51.4 Å². The van der Waals surface area contributed by atoms with Crippen LogP contribution in [0.2, 0.25) is 0 Å². The minimum absolute atomic E-state index is 0.196. The number of aryl methyl sites for hydroxylation is 1. The highest BCUT2D eigenvalue weighted by atomic mass is 15.0. The summed E-state index contributed by atoms with van der Waals surface area (Å²) in [4.78, 5) is 0. The predicted molar refractivity (Wildman–Crippen MR) is 86.2 cm³/mol. The van der Waals surface area contributed by atoms with Crippen LogP contribution in [0.25, 0.3) is 10.9 Å². The number of rotatable bonds is 0.